The summed E-state index contributed by atoms with van der Waals surface area (Å²) < 4.78 is 18.2. The topological polar surface area (TPSA) is 97.4 Å². The molecule has 3 saturated heterocycles. The van der Waals surface area contributed by atoms with Gasteiger partial charge in [-0.3, -0.25) is 24.6 Å². The molecule has 4 aliphatic heterocycles. The molecule has 0 aromatic heterocycles. The molecule has 1 unspecified atom stereocenters. The molecule has 1 spiro atoms. The molecule has 5 aliphatic rings. The Balaban J connectivity index is 1.11. The van der Waals surface area contributed by atoms with Crippen molar-refractivity contribution in [3.05, 3.63) is 29.3 Å². The molecule has 1 aliphatic carbocycles. The summed E-state index contributed by atoms with van der Waals surface area (Å²) in [7, 11) is 0. The summed E-state index contributed by atoms with van der Waals surface area (Å²) in [4.78, 5) is 40.8. The Morgan fingerprint density at radius 1 is 1.03 bits per heavy atom. The number of piperidine rings is 2. The molecule has 1 N–H and O–H groups in total. The van der Waals surface area contributed by atoms with Crippen LogP contribution in [0.1, 0.15) is 60.9 Å². The molecule has 1 aromatic carbocycles. The molecule has 9 nitrogen and oxygen atoms in total. The van der Waals surface area contributed by atoms with E-state index < -0.39 is 6.04 Å². The zero-order valence-electron chi connectivity index (χ0n) is 19.3. The van der Waals surface area contributed by atoms with E-state index in [9.17, 15) is 14.4 Å². The highest BCUT2D eigenvalue weighted by Gasteiger charge is 2.44. The molecular formula is C25H31N3O6. The number of imide groups is 1. The molecule has 0 bridgehead atoms. The molecule has 4 fully saturated rings. The van der Waals surface area contributed by atoms with Gasteiger partial charge in [-0.2, -0.15) is 0 Å². The van der Waals surface area contributed by atoms with E-state index in [2.05, 4.69) is 10.2 Å². The Kier molecular flexibility index (Phi) is 5.58. The standard InChI is InChI=1S/C25H31N3O6/c29-22-7-6-20(23(30)26-22)28-15-16-14-17(4-5-18(16)24(28)31)34-21-3-1-2-19(21)27-10-8-25(9-11-27)32-12-13-33-25/h4-5,14,19-21H,1-3,6-13,15H2,(H,26,29,30)/t19-,20?,21-/m0/s1. The van der Waals surface area contributed by atoms with Gasteiger partial charge in [0.05, 0.1) is 13.2 Å². The Hall–Kier alpha value is -2.49. The van der Waals surface area contributed by atoms with Gasteiger partial charge in [0.15, 0.2) is 5.79 Å². The SMILES string of the molecule is O=C1CCC(N2Cc3cc(O[C@H]4CCC[C@@H]4N4CCC5(CC4)OCCO5)ccc3C2=O)C(=O)N1. The average Bonchev–Trinajstić information content (AvgIpc) is 3.55. The number of hydrogen-bond donors (Lipinski definition) is 1. The molecule has 34 heavy (non-hydrogen) atoms. The van der Waals surface area contributed by atoms with Crippen molar-refractivity contribution >= 4 is 17.7 Å². The minimum atomic E-state index is -0.601. The minimum absolute atomic E-state index is 0.112. The lowest BCUT2D eigenvalue weighted by molar-refractivity contribution is -0.189. The number of rotatable bonds is 4. The second-order valence-electron chi connectivity index (χ2n) is 10.0. The fourth-order valence-electron chi connectivity index (χ4n) is 6.24. The number of nitrogens with one attached hydrogen (secondary N) is 1. The molecule has 4 heterocycles. The number of amides is 3. The fourth-order valence-corrected chi connectivity index (χ4v) is 6.24. The second kappa shape index (κ2) is 8.62. The van der Waals surface area contributed by atoms with Crippen LogP contribution in [-0.4, -0.2) is 77.8 Å². The van der Waals surface area contributed by atoms with Crippen LogP contribution in [0.25, 0.3) is 0 Å². The lowest BCUT2D eigenvalue weighted by Crippen LogP contribution is -2.52. The van der Waals surface area contributed by atoms with Gasteiger partial charge < -0.3 is 19.1 Å². The predicted octanol–water partition coefficient (Wildman–Crippen LogP) is 1.59. The van der Waals surface area contributed by atoms with Crippen LogP contribution in [-0.2, 0) is 25.6 Å². The van der Waals surface area contributed by atoms with Gasteiger partial charge in [-0.15, -0.1) is 0 Å². The Bertz CT molecular complexity index is 996. The number of likely N-dealkylation sites (tertiary alicyclic amines) is 1. The number of ether oxygens (including phenoxy) is 3. The van der Waals surface area contributed by atoms with E-state index in [-0.39, 0.29) is 36.0 Å². The van der Waals surface area contributed by atoms with Crippen molar-refractivity contribution in [2.75, 3.05) is 26.3 Å². The van der Waals surface area contributed by atoms with E-state index >= 15 is 0 Å². The highest BCUT2D eigenvalue weighted by Crippen LogP contribution is 2.37. The maximum absolute atomic E-state index is 12.9. The first-order valence-corrected chi connectivity index (χ1v) is 12.5. The van der Waals surface area contributed by atoms with E-state index in [1.54, 1.807) is 4.90 Å². The molecule has 3 atom stereocenters. The van der Waals surface area contributed by atoms with E-state index in [1.165, 1.54) is 0 Å². The van der Waals surface area contributed by atoms with Crippen LogP contribution < -0.4 is 10.1 Å². The van der Waals surface area contributed by atoms with E-state index in [4.69, 9.17) is 14.2 Å². The molecule has 3 amide bonds. The normalized spacial score (nSPS) is 31.2. The highest BCUT2D eigenvalue weighted by molar-refractivity contribution is 6.05. The third-order valence-electron chi connectivity index (χ3n) is 8.04. The highest BCUT2D eigenvalue weighted by atomic mass is 16.7. The third kappa shape index (κ3) is 3.89. The summed E-state index contributed by atoms with van der Waals surface area (Å²) in [5.41, 5.74) is 1.48. The molecule has 0 radical (unpaired) electrons. The van der Waals surface area contributed by atoms with Gasteiger partial charge in [-0.25, -0.2) is 0 Å². The van der Waals surface area contributed by atoms with Crippen LogP contribution in [0.5, 0.6) is 5.75 Å². The maximum Gasteiger partial charge on any atom is 0.255 e. The largest absolute Gasteiger partial charge is 0.489 e. The summed E-state index contributed by atoms with van der Waals surface area (Å²) >= 11 is 0. The fraction of sp³-hybridized carbons (Fsp3) is 0.640. The lowest BCUT2D eigenvalue weighted by Gasteiger charge is -2.41. The Labute approximate surface area is 198 Å². The number of fused-ring (bicyclic) bond motifs is 1. The first-order chi connectivity index (χ1) is 16.5. The number of benzene rings is 1. The van der Waals surface area contributed by atoms with E-state index in [1.807, 2.05) is 18.2 Å². The summed E-state index contributed by atoms with van der Waals surface area (Å²) in [6.45, 7) is 3.64. The zero-order chi connectivity index (χ0) is 23.3. The summed E-state index contributed by atoms with van der Waals surface area (Å²) in [6.07, 6.45) is 5.79. The van der Waals surface area contributed by atoms with Gasteiger partial charge in [-0.1, -0.05) is 0 Å². The Morgan fingerprint density at radius 2 is 1.82 bits per heavy atom. The van der Waals surface area contributed by atoms with Crippen LogP contribution >= 0.6 is 0 Å². The van der Waals surface area contributed by atoms with Crippen LogP contribution in [0.4, 0.5) is 0 Å². The molecule has 6 rings (SSSR count). The van der Waals surface area contributed by atoms with Crippen molar-refractivity contribution in [2.24, 2.45) is 0 Å². The lowest BCUT2D eigenvalue weighted by atomic mass is 10.0. The Morgan fingerprint density at radius 3 is 2.59 bits per heavy atom. The van der Waals surface area contributed by atoms with Gasteiger partial charge in [0.1, 0.15) is 17.9 Å². The smallest absolute Gasteiger partial charge is 0.255 e. The number of carbonyl (C=O) groups excluding carboxylic acids is 3. The number of carbonyl (C=O) groups is 3. The molecule has 9 heteroatoms. The summed E-state index contributed by atoms with van der Waals surface area (Å²) in [5, 5.41) is 2.35. The van der Waals surface area contributed by atoms with Crippen molar-refractivity contribution in [3.63, 3.8) is 0 Å². The third-order valence-corrected chi connectivity index (χ3v) is 8.04. The van der Waals surface area contributed by atoms with Gasteiger partial charge in [0, 0.05) is 50.5 Å². The molecular weight excluding hydrogens is 438 g/mol. The monoisotopic (exact) mass is 469 g/mol. The molecule has 1 aromatic rings. The van der Waals surface area contributed by atoms with E-state index in [0.29, 0.717) is 37.8 Å². The van der Waals surface area contributed by atoms with Crippen LogP contribution in [0, 0.1) is 0 Å². The van der Waals surface area contributed by atoms with Gasteiger partial charge in [0.2, 0.25) is 11.8 Å². The van der Waals surface area contributed by atoms with Gasteiger partial charge in [-0.05, 0) is 49.4 Å². The molecule has 1 saturated carbocycles. The second-order valence-corrected chi connectivity index (χ2v) is 10.0. The number of nitrogens with zero attached hydrogens (tertiary/aromatic N) is 2. The van der Waals surface area contributed by atoms with Gasteiger partial charge in [0.25, 0.3) is 5.91 Å². The molecule has 182 valence electrons. The first kappa shape index (κ1) is 22.0. The van der Waals surface area contributed by atoms with Crippen molar-refractivity contribution in [1.82, 2.24) is 15.1 Å². The quantitative estimate of drug-likeness (QED) is 0.669. The maximum atomic E-state index is 12.9. The minimum Gasteiger partial charge on any atom is -0.489 e. The van der Waals surface area contributed by atoms with Crippen molar-refractivity contribution in [3.8, 4) is 5.75 Å². The van der Waals surface area contributed by atoms with Crippen molar-refractivity contribution in [2.45, 2.75) is 75.5 Å². The van der Waals surface area contributed by atoms with Crippen LogP contribution in [0.15, 0.2) is 18.2 Å². The zero-order valence-corrected chi connectivity index (χ0v) is 19.3. The van der Waals surface area contributed by atoms with Crippen molar-refractivity contribution in [1.29, 1.82) is 0 Å². The first-order valence-electron chi connectivity index (χ1n) is 12.5. The summed E-state index contributed by atoms with van der Waals surface area (Å²) in [6, 6.07) is 5.39. The summed E-state index contributed by atoms with van der Waals surface area (Å²) in [5.74, 6) is -0.427. The van der Waals surface area contributed by atoms with Crippen molar-refractivity contribution < 1.29 is 28.6 Å². The van der Waals surface area contributed by atoms with Crippen LogP contribution in [0.2, 0.25) is 0 Å². The van der Waals surface area contributed by atoms with E-state index in [0.717, 1.165) is 56.5 Å². The number of hydrogen-bond acceptors (Lipinski definition) is 7. The van der Waals surface area contributed by atoms with Crippen LogP contribution in [0.3, 0.4) is 0 Å². The van der Waals surface area contributed by atoms with Gasteiger partial charge >= 0.3 is 0 Å². The predicted molar refractivity (Wildman–Crippen MR) is 120 cm³/mol. The average molecular weight is 470 g/mol.